The number of aliphatic imine (C=N–C) groups is 1. The number of carbonyl (C=O) groups is 1. The summed E-state index contributed by atoms with van der Waals surface area (Å²) >= 11 is 0. The van der Waals surface area contributed by atoms with Gasteiger partial charge in [0, 0.05) is 44.0 Å². The molecule has 2 aliphatic heterocycles. The third-order valence-corrected chi connectivity index (χ3v) is 10.6. The lowest BCUT2D eigenvalue weighted by molar-refractivity contribution is 0.140. The summed E-state index contributed by atoms with van der Waals surface area (Å²) in [5.74, 6) is 1.28. The molecule has 0 bridgehead atoms. The van der Waals surface area contributed by atoms with Crippen molar-refractivity contribution in [3.63, 3.8) is 0 Å². The van der Waals surface area contributed by atoms with Crippen molar-refractivity contribution in [1.82, 2.24) is 34.8 Å². The van der Waals surface area contributed by atoms with Gasteiger partial charge in [-0.3, -0.25) is 30.3 Å². The van der Waals surface area contributed by atoms with Gasteiger partial charge in [-0.1, -0.05) is 38.1 Å². The number of fused-ring (bicyclic) bond motifs is 1. The molecule has 6 N–H and O–H groups in total. The molecule has 2 amide bonds. The Kier molecular flexibility index (Phi) is 12.9. The summed E-state index contributed by atoms with van der Waals surface area (Å²) in [7, 11) is 0. The maximum absolute atomic E-state index is 13.6. The number of urea groups is 1. The lowest BCUT2D eigenvalue weighted by atomic mass is 9.85. The van der Waals surface area contributed by atoms with Crippen molar-refractivity contribution in [2.24, 2.45) is 16.6 Å². The number of nitrogens with one attached hydrogen (secondary N) is 4. The minimum absolute atomic E-state index is 0.0665. The van der Waals surface area contributed by atoms with E-state index >= 15 is 0 Å². The fourth-order valence-electron chi connectivity index (χ4n) is 7.54. The molecule has 2 fully saturated rings. The van der Waals surface area contributed by atoms with E-state index in [1.165, 1.54) is 0 Å². The molecule has 4 atom stereocenters. The van der Waals surface area contributed by atoms with Crippen LogP contribution in [0.4, 0.5) is 10.5 Å². The van der Waals surface area contributed by atoms with Crippen LogP contribution in [0.3, 0.4) is 0 Å². The van der Waals surface area contributed by atoms with Crippen molar-refractivity contribution < 1.29 is 14.3 Å². The van der Waals surface area contributed by atoms with Gasteiger partial charge in [0.05, 0.1) is 37.8 Å². The number of amidine groups is 1. The predicted octanol–water partition coefficient (Wildman–Crippen LogP) is 5.42. The van der Waals surface area contributed by atoms with Crippen LogP contribution in [0.5, 0.6) is 5.75 Å². The molecule has 14 heteroatoms. The van der Waals surface area contributed by atoms with Crippen LogP contribution in [0, 0.1) is 16.7 Å². The number of carbonyl (C=O) groups excluding carboxylic acids is 1. The molecule has 0 radical (unpaired) electrons. The van der Waals surface area contributed by atoms with Gasteiger partial charge in [-0.2, -0.15) is 5.10 Å². The third kappa shape index (κ3) is 9.77. The number of benzene rings is 1. The standard InChI is InChI=1S/C40H57N11O3/c1-27(2)34(41)23-38(45-30-24-44-49(25-30)19-18-48-17-8-21-53-22-20-48)47-40(52)46-35-14-15-36(33-12-6-5-11-32(33)35)54-31-13-16-37(42)50(26-31)39(43)51-28(3)9-7-10-29(51)4/h5-6,11-13,16,23-29,35-36,42-43H,7-10,14-15,17-22,41H2,1-4H3,(H2,45,46,47,52)/t28?,29?,35?,36-/m1/s1. The minimum atomic E-state index is -0.386. The highest BCUT2D eigenvalue weighted by atomic mass is 16.5. The molecule has 4 heterocycles. The SMILES string of the molecule is CC(C)C(N)=CC(=Nc1cnn(CCN2CCCOCC2)c1)NC(=O)NC1CC[C@@H](Oc2ccc(=N)n(C(=N)N3C(C)CCCC3C)c2)c2ccccc21. The van der Waals surface area contributed by atoms with E-state index in [0.717, 1.165) is 76.2 Å². The highest BCUT2D eigenvalue weighted by Gasteiger charge is 2.31. The topological polar surface area (TPSA) is 175 Å². The fraction of sp³-hybridized carbons (Fsp3) is 0.525. The van der Waals surface area contributed by atoms with E-state index in [1.54, 1.807) is 35.2 Å². The number of amides is 2. The molecule has 1 aromatic carbocycles. The van der Waals surface area contributed by atoms with Crippen LogP contribution in [0.2, 0.25) is 0 Å². The summed E-state index contributed by atoms with van der Waals surface area (Å²) in [5.41, 5.74) is 9.76. The second-order valence-electron chi connectivity index (χ2n) is 15.0. The van der Waals surface area contributed by atoms with Gasteiger partial charge < -0.3 is 25.4 Å². The Hall–Kier alpha value is -4.95. The van der Waals surface area contributed by atoms with Crippen molar-refractivity contribution in [2.45, 2.75) is 97.0 Å². The largest absolute Gasteiger partial charge is 0.484 e. The number of likely N-dealkylation sites (tertiary alicyclic amines) is 1. The van der Waals surface area contributed by atoms with E-state index in [-0.39, 0.29) is 41.7 Å². The smallest absolute Gasteiger partial charge is 0.320 e. The monoisotopic (exact) mass is 739 g/mol. The molecule has 3 aromatic rings. The Labute approximate surface area is 318 Å². The van der Waals surface area contributed by atoms with E-state index in [0.29, 0.717) is 41.8 Å². The third-order valence-electron chi connectivity index (χ3n) is 10.6. The fourth-order valence-corrected chi connectivity index (χ4v) is 7.54. The van der Waals surface area contributed by atoms with E-state index in [9.17, 15) is 4.79 Å². The van der Waals surface area contributed by atoms with Gasteiger partial charge in [0.25, 0.3) is 0 Å². The molecule has 290 valence electrons. The summed E-state index contributed by atoms with van der Waals surface area (Å²) in [6.45, 7) is 13.4. The second-order valence-corrected chi connectivity index (χ2v) is 15.0. The zero-order chi connectivity index (χ0) is 38.2. The van der Waals surface area contributed by atoms with Crippen LogP contribution in [-0.4, -0.2) is 86.9 Å². The number of hydrogen-bond acceptors (Lipinski definition) is 9. The van der Waals surface area contributed by atoms with Gasteiger partial charge in [0.2, 0.25) is 5.96 Å². The number of rotatable bonds is 9. The van der Waals surface area contributed by atoms with Crippen molar-refractivity contribution in [3.05, 3.63) is 83.4 Å². The van der Waals surface area contributed by atoms with Crippen molar-refractivity contribution in [1.29, 1.82) is 10.8 Å². The normalized spacial score (nSPS) is 22.7. The minimum Gasteiger partial charge on any atom is -0.484 e. The maximum atomic E-state index is 13.6. The lowest BCUT2D eigenvalue weighted by Crippen LogP contribution is -2.51. The van der Waals surface area contributed by atoms with E-state index < -0.39 is 0 Å². The molecule has 54 heavy (non-hydrogen) atoms. The zero-order valence-corrected chi connectivity index (χ0v) is 32.1. The Balaban J connectivity index is 1.13. The Morgan fingerprint density at radius 1 is 1.04 bits per heavy atom. The Bertz CT molecular complexity index is 1860. The highest BCUT2D eigenvalue weighted by Crippen LogP contribution is 2.38. The quantitative estimate of drug-likeness (QED) is 0.144. The van der Waals surface area contributed by atoms with Crippen LogP contribution in [0.25, 0.3) is 0 Å². The first-order valence-corrected chi connectivity index (χ1v) is 19.4. The summed E-state index contributed by atoms with van der Waals surface area (Å²) in [5, 5.41) is 28.2. The predicted molar refractivity (Wildman–Crippen MR) is 210 cm³/mol. The number of allylic oxidation sites excluding steroid dienone is 1. The Morgan fingerprint density at radius 3 is 2.59 bits per heavy atom. The molecule has 2 saturated heterocycles. The average Bonchev–Trinajstić information content (AvgIpc) is 3.42. The first kappa shape index (κ1) is 38.8. The van der Waals surface area contributed by atoms with Gasteiger partial charge in [-0.15, -0.1) is 0 Å². The van der Waals surface area contributed by atoms with Crippen molar-refractivity contribution >= 4 is 23.5 Å². The van der Waals surface area contributed by atoms with Gasteiger partial charge in [-0.25, -0.2) is 9.79 Å². The van der Waals surface area contributed by atoms with E-state index in [1.807, 2.05) is 49.0 Å². The second kappa shape index (κ2) is 17.9. The molecule has 14 nitrogen and oxygen atoms in total. The van der Waals surface area contributed by atoms with Crippen LogP contribution in [-0.2, 0) is 11.3 Å². The molecular formula is C40H57N11O3. The molecule has 6 rings (SSSR count). The summed E-state index contributed by atoms with van der Waals surface area (Å²) in [4.78, 5) is 22.8. The van der Waals surface area contributed by atoms with Crippen LogP contribution in [0.1, 0.15) is 89.5 Å². The average molecular weight is 740 g/mol. The van der Waals surface area contributed by atoms with Crippen LogP contribution in [0.15, 0.2) is 71.8 Å². The first-order valence-electron chi connectivity index (χ1n) is 19.4. The number of ether oxygens (including phenoxy) is 2. The van der Waals surface area contributed by atoms with Crippen LogP contribution < -0.4 is 26.6 Å². The summed E-state index contributed by atoms with van der Waals surface area (Å²) in [6.07, 6.45) is 12.3. The van der Waals surface area contributed by atoms with Gasteiger partial charge in [0.1, 0.15) is 28.9 Å². The molecule has 3 aliphatic rings. The van der Waals surface area contributed by atoms with Gasteiger partial charge in [-0.05, 0) is 87.6 Å². The van der Waals surface area contributed by atoms with E-state index in [2.05, 4.69) is 39.4 Å². The maximum Gasteiger partial charge on any atom is 0.320 e. The Morgan fingerprint density at radius 2 is 1.81 bits per heavy atom. The number of piperidine rings is 1. The number of hydrogen-bond donors (Lipinski definition) is 5. The van der Waals surface area contributed by atoms with Crippen molar-refractivity contribution in [2.75, 3.05) is 32.8 Å². The molecular weight excluding hydrogens is 683 g/mol. The number of nitrogens with two attached hydrogens (primary N) is 1. The number of nitrogens with zero attached hydrogens (tertiary/aromatic N) is 6. The molecule has 3 unspecified atom stereocenters. The van der Waals surface area contributed by atoms with E-state index in [4.69, 9.17) is 31.0 Å². The number of pyridine rings is 1. The first-order chi connectivity index (χ1) is 26.0. The molecule has 1 aliphatic carbocycles. The molecule has 0 spiro atoms. The summed E-state index contributed by atoms with van der Waals surface area (Å²) < 4.78 is 15.6. The van der Waals surface area contributed by atoms with Gasteiger partial charge in [0.15, 0.2) is 0 Å². The zero-order valence-electron chi connectivity index (χ0n) is 32.1. The van der Waals surface area contributed by atoms with Crippen LogP contribution >= 0.6 is 0 Å². The lowest BCUT2D eigenvalue weighted by Gasteiger charge is -2.41. The molecule has 0 saturated carbocycles. The highest BCUT2D eigenvalue weighted by molar-refractivity contribution is 6.05. The molecule has 2 aromatic heterocycles. The van der Waals surface area contributed by atoms with Gasteiger partial charge >= 0.3 is 6.03 Å². The van der Waals surface area contributed by atoms with Crippen molar-refractivity contribution in [3.8, 4) is 5.75 Å². The number of aromatic nitrogens is 3. The summed E-state index contributed by atoms with van der Waals surface area (Å²) in [6, 6.07) is 11.3.